The number of fused-ring (bicyclic) bond motifs is 1. The van der Waals surface area contributed by atoms with Gasteiger partial charge < -0.3 is 10.6 Å². The zero-order valence-corrected chi connectivity index (χ0v) is 14.3. The number of carbonyl (C=O) groups excluding carboxylic acids is 2. The Morgan fingerprint density at radius 1 is 1.04 bits per heavy atom. The molecule has 2 amide bonds. The highest BCUT2D eigenvalue weighted by molar-refractivity contribution is 6.02. The van der Waals surface area contributed by atoms with E-state index in [1.54, 1.807) is 16.7 Å². The molecule has 0 saturated heterocycles. The Bertz CT molecular complexity index is 945. The van der Waals surface area contributed by atoms with E-state index in [9.17, 15) is 9.59 Å². The lowest BCUT2D eigenvalue weighted by Gasteiger charge is -2.04. The van der Waals surface area contributed by atoms with Gasteiger partial charge in [0.15, 0.2) is 5.69 Å². The van der Waals surface area contributed by atoms with Gasteiger partial charge in [-0.05, 0) is 37.0 Å². The van der Waals surface area contributed by atoms with Gasteiger partial charge in [0, 0.05) is 18.8 Å². The van der Waals surface area contributed by atoms with Crippen LogP contribution in [0.5, 0.6) is 0 Å². The first kappa shape index (κ1) is 16.3. The lowest BCUT2D eigenvalue weighted by molar-refractivity contribution is 0.0943. The van der Waals surface area contributed by atoms with Crippen molar-refractivity contribution in [1.29, 1.82) is 0 Å². The molecule has 0 unspecified atom stereocenters. The molecular formula is C20H20N4O2. The van der Waals surface area contributed by atoms with Crippen LogP contribution in [0.4, 0.5) is 0 Å². The molecule has 6 nitrogen and oxygen atoms in total. The van der Waals surface area contributed by atoms with Crippen molar-refractivity contribution in [1.82, 2.24) is 20.0 Å². The van der Waals surface area contributed by atoms with Crippen molar-refractivity contribution in [2.24, 2.45) is 0 Å². The molecule has 2 aromatic heterocycles. The molecule has 132 valence electrons. The van der Waals surface area contributed by atoms with E-state index in [1.165, 1.54) is 0 Å². The summed E-state index contributed by atoms with van der Waals surface area (Å²) in [5.74, 6) is -0.276. The molecule has 6 heteroatoms. The maximum Gasteiger partial charge on any atom is 0.287 e. The first-order valence-corrected chi connectivity index (χ1v) is 8.82. The highest BCUT2D eigenvalue weighted by atomic mass is 16.2. The highest BCUT2D eigenvalue weighted by Gasteiger charge is 2.27. The summed E-state index contributed by atoms with van der Waals surface area (Å²) in [6, 6.07) is 15.7. The molecule has 2 heterocycles. The SMILES string of the molecule is O=C(NC1CC1)c1nc(C(=O)NCCc2ccccc2)n2ccccc12. The Hall–Kier alpha value is -3.15. The quantitative estimate of drug-likeness (QED) is 0.717. The lowest BCUT2D eigenvalue weighted by Crippen LogP contribution is -2.28. The van der Waals surface area contributed by atoms with Crippen LogP contribution in [0.2, 0.25) is 0 Å². The molecule has 0 bridgehead atoms. The van der Waals surface area contributed by atoms with Crippen LogP contribution in [0.3, 0.4) is 0 Å². The maximum atomic E-state index is 12.6. The number of rotatable bonds is 6. The summed E-state index contributed by atoms with van der Waals surface area (Å²) in [7, 11) is 0. The first-order valence-electron chi connectivity index (χ1n) is 8.82. The van der Waals surface area contributed by atoms with Crippen molar-refractivity contribution in [3.05, 3.63) is 71.8 Å². The Kier molecular flexibility index (Phi) is 4.39. The van der Waals surface area contributed by atoms with Gasteiger partial charge in [-0.25, -0.2) is 4.98 Å². The molecule has 26 heavy (non-hydrogen) atoms. The molecule has 0 radical (unpaired) electrons. The highest BCUT2D eigenvalue weighted by Crippen LogP contribution is 2.20. The Morgan fingerprint density at radius 2 is 1.81 bits per heavy atom. The van der Waals surface area contributed by atoms with Crippen molar-refractivity contribution < 1.29 is 9.59 Å². The molecular weight excluding hydrogens is 328 g/mol. The van der Waals surface area contributed by atoms with E-state index in [2.05, 4.69) is 15.6 Å². The summed E-state index contributed by atoms with van der Waals surface area (Å²) in [4.78, 5) is 29.4. The van der Waals surface area contributed by atoms with Gasteiger partial charge in [-0.3, -0.25) is 14.0 Å². The van der Waals surface area contributed by atoms with Crippen molar-refractivity contribution in [3.8, 4) is 0 Å². The fourth-order valence-corrected chi connectivity index (χ4v) is 2.89. The predicted octanol–water partition coefficient (Wildman–Crippen LogP) is 2.20. The average molecular weight is 348 g/mol. The molecule has 2 N–H and O–H groups in total. The first-order chi connectivity index (χ1) is 12.7. The van der Waals surface area contributed by atoms with Crippen LogP contribution >= 0.6 is 0 Å². The summed E-state index contributed by atoms with van der Waals surface area (Å²) in [6.45, 7) is 0.508. The van der Waals surface area contributed by atoms with E-state index in [-0.39, 0.29) is 23.7 Å². The van der Waals surface area contributed by atoms with Crippen LogP contribution in [0.25, 0.3) is 5.52 Å². The number of hydrogen-bond acceptors (Lipinski definition) is 3. The minimum absolute atomic E-state index is 0.223. The van der Waals surface area contributed by atoms with E-state index in [1.807, 2.05) is 42.5 Å². The van der Waals surface area contributed by atoms with Crippen LogP contribution in [-0.4, -0.2) is 33.8 Å². The number of nitrogens with zero attached hydrogens (tertiary/aromatic N) is 2. The summed E-state index contributed by atoms with van der Waals surface area (Å²) in [5.41, 5.74) is 2.09. The van der Waals surface area contributed by atoms with Gasteiger partial charge in [-0.15, -0.1) is 0 Å². The second kappa shape index (κ2) is 7.00. The van der Waals surface area contributed by atoms with E-state index in [0.717, 1.165) is 24.8 Å². The number of carbonyl (C=O) groups is 2. The van der Waals surface area contributed by atoms with Crippen molar-refractivity contribution in [2.75, 3.05) is 6.54 Å². The number of imidazole rings is 1. The second-order valence-electron chi connectivity index (χ2n) is 6.48. The Morgan fingerprint density at radius 3 is 2.58 bits per heavy atom. The zero-order chi connectivity index (χ0) is 17.9. The smallest absolute Gasteiger partial charge is 0.287 e. The standard InChI is InChI=1S/C20H20N4O2/c25-19(22-15-9-10-15)17-16-8-4-5-13-24(16)18(23-17)20(26)21-12-11-14-6-2-1-3-7-14/h1-8,13,15H,9-12H2,(H,21,26)(H,22,25). The largest absolute Gasteiger partial charge is 0.349 e. The number of nitrogens with one attached hydrogen (secondary N) is 2. The molecule has 4 rings (SSSR count). The second-order valence-corrected chi connectivity index (χ2v) is 6.48. The third kappa shape index (κ3) is 3.44. The molecule has 1 saturated carbocycles. The van der Waals surface area contributed by atoms with Crippen molar-refractivity contribution in [2.45, 2.75) is 25.3 Å². The minimum atomic E-state index is -0.285. The van der Waals surface area contributed by atoms with Gasteiger partial charge >= 0.3 is 0 Å². The topological polar surface area (TPSA) is 75.5 Å². The fraction of sp³-hybridized carbons (Fsp3) is 0.250. The number of amides is 2. The lowest BCUT2D eigenvalue weighted by atomic mass is 10.1. The number of pyridine rings is 1. The summed E-state index contributed by atoms with van der Waals surface area (Å²) >= 11 is 0. The van der Waals surface area contributed by atoms with Crippen LogP contribution in [0.15, 0.2) is 54.7 Å². The Labute approximate surface area is 151 Å². The van der Waals surface area contributed by atoms with E-state index < -0.39 is 0 Å². The van der Waals surface area contributed by atoms with Gasteiger partial charge in [0.1, 0.15) is 0 Å². The third-order valence-electron chi connectivity index (χ3n) is 4.42. The van der Waals surface area contributed by atoms with Gasteiger partial charge in [0.25, 0.3) is 11.8 Å². The average Bonchev–Trinajstić information content (AvgIpc) is 3.39. The number of benzene rings is 1. The maximum absolute atomic E-state index is 12.6. The molecule has 1 fully saturated rings. The third-order valence-corrected chi connectivity index (χ3v) is 4.42. The molecule has 1 aromatic carbocycles. The van der Waals surface area contributed by atoms with E-state index in [0.29, 0.717) is 17.8 Å². The molecule has 3 aromatic rings. The minimum Gasteiger partial charge on any atom is -0.349 e. The predicted molar refractivity (Wildman–Crippen MR) is 98.2 cm³/mol. The van der Waals surface area contributed by atoms with Crippen molar-refractivity contribution >= 4 is 17.3 Å². The van der Waals surface area contributed by atoms with Crippen LogP contribution < -0.4 is 10.6 Å². The summed E-state index contributed by atoms with van der Waals surface area (Å²) in [6.07, 6.45) is 4.50. The number of hydrogen-bond donors (Lipinski definition) is 2. The molecule has 1 aliphatic carbocycles. The van der Waals surface area contributed by atoms with Crippen molar-refractivity contribution in [3.63, 3.8) is 0 Å². The van der Waals surface area contributed by atoms with Crippen LogP contribution in [0.1, 0.15) is 39.5 Å². The molecule has 1 aliphatic rings. The van der Waals surface area contributed by atoms with Crippen LogP contribution in [-0.2, 0) is 6.42 Å². The molecule has 0 atom stereocenters. The summed E-state index contributed by atoms with van der Waals surface area (Å²) < 4.78 is 1.67. The number of aromatic nitrogens is 2. The molecule has 0 aliphatic heterocycles. The van der Waals surface area contributed by atoms with Gasteiger partial charge in [-0.2, -0.15) is 0 Å². The van der Waals surface area contributed by atoms with E-state index in [4.69, 9.17) is 0 Å². The Balaban J connectivity index is 1.51. The van der Waals surface area contributed by atoms with Crippen LogP contribution in [0, 0.1) is 0 Å². The van der Waals surface area contributed by atoms with Gasteiger partial charge in [0.05, 0.1) is 5.52 Å². The summed E-state index contributed by atoms with van der Waals surface area (Å²) in [5, 5.41) is 5.82. The monoisotopic (exact) mass is 348 g/mol. The zero-order valence-electron chi connectivity index (χ0n) is 14.3. The molecule has 0 spiro atoms. The van der Waals surface area contributed by atoms with E-state index >= 15 is 0 Å². The normalized spacial score (nSPS) is 13.5. The fourth-order valence-electron chi connectivity index (χ4n) is 2.89. The van der Waals surface area contributed by atoms with Gasteiger partial charge in [-0.1, -0.05) is 36.4 Å². The van der Waals surface area contributed by atoms with Gasteiger partial charge in [0.2, 0.25) is 5.82 Å².